The van der Waals surface area contributed by atoms with Crippen LogP contribution in [0.15, 0.2) is 0 Å². The number of rotatable bonds is 27. The van der Waals surface area contributed by atoms with Crippen molar-refractivity contribution in [2.75, 3.05) is 72.7 Å². The Hall–Kier alpha value is -0.240. The maximum absolute atomic E-state index is 8.55. The average molecular weight is 435 g/mol. The molecule has 0 saturated heterocycles. The van der Waals surface area contributed by atoms with Crippen molar-refractivity contribution in [3.05, 3.63) is 0 Å². The van der Waals surface area contributed by atoms with Crippen LogP contribution in [0.4, 0.5) is 0 Å². The standard InChI is InChI=1S/C24H50O6/c1-2-3-4-5-6-7-8-9-10-11-12-13-15-26-17-19-28-21-23-30-24-22-29-20-18-27-16-14-25/h25H,2-24H2,1H3. The van der Waals surface area contributed by atoms with Crippen LogP contribution in [0.2, 0.25) is 0 Å². The Balaban J connectivity index is 2.97. The minimum Gasteiger partial charge on any atom is -0.394 e. The molecule has 0 bridgehead atoms. The number of aliphatic hydroxyl groups is 1. The van der Waals surface area contributed by atoms with E-state index in [1.54, 1.807) is 0 Å². The second-order valence-electron chi connectivity index (χ2n) is 7.67. The van der Waals surface area contributed by atoms with Gasteiger partial charge in [-0.3, -0.25) is 0 Å². The first-order valence-corrected chi connectivity index (χ1v) is 12.4. The molecule has 0 saturated carbocycles. The second-order valence-corrected chi connectivity index (χ2v) is 7.67. The molecule has 0 atom stereocenters. The van der Waals surface area contributed by atoms with Gasteiger partial charge in [-0.05, 0) is 6.42 Å². The molecule has 0 fully saturated rings. The van der Waals surface area contributed by atoms with Gasteiger partial charge in [-0.15, -0.1) is 0 Å². The van der Waals surface area contributed by atoms with Crippen molar-refractivity contribution in [3.8, 4) is 0 Å². The minimum absolute atomic E-state index is 0.0492. The highest BCUT2D eigenvalue weighted by Crippen LogP contribution is 2.11. The number of hydrogen-bond donors (Lipinski definition) is 1. The Kier molecular flexibility index (Phi) is 28.5. The fraction of sp³-hybridized carbons (Fsp3) is 1.00. The third kappa shape index (κ3) is 27.8. The highest BCUT2D eigenvalue weighted by atomic mass is 16.6. The molecule has 182 valence electrons. The van der Waals surface area contributed by atoms with Crippen LogP contribution in [-0.4, -0.2) is 77.8 Å². The van der Waals surface area contributed by atoms with E-state index in [-0.39, 0.29) is 6.61 Å². The molecular weight excluding hydrogens is 384 g/mol. The predicted octanol–water partition coefficient (Wildman–Crippen LogP) is 4.76. The summed E-state index contributed by atoms with van der Waals surface area (Å²) in [5, 5.41) is 8.55. The molecule has 0 aromatic rings. The summed E-state index contributed by atoms with van der Waals surface area (Å²) in [5.41, 5.74) is 0. The zero-order valence-corrected chi connectivity index (χ0v) is 19.8. The van der Waals surface area contributed by atoms with E-state index >= 15 is 0 Å². The number of hydrogen-bond acceptors (Lipinski definition) is 6. The first-order chi connectivity index (χ1) is 14.9. The Morgan fingerprint density at radius 3 is 1.03 bits per heavy atom. The zero-order valence-electron chi connectivity index (χ0n) is 19.8. The van der Waals surface area contributed by atoms with Crippen molar-refractivity contribution in [3.63, 3.8) is 0 Å². The lowest BCUT2D eigenvalue weighted by atomic mass is 10.1. The average Bonchev–Trinajstić information content (AvgIpc) is 2.76. The first-order valence-electron chi connectivity index (χ1n) is 12.4. The topological polar surface area (TPSA) is 66.4 Å². The maximum atomic E-state index is 8.55. The SMILES string of the molecule is CCCCCCCCCCCCCCOCCOCCOCCOCCOCCO. The number of ether oxygens (including phenoxy) is 5. The molecule has 0 spiro atoms. The Morgan fingerprint density at radius 2 is 0.667 bits per heavy atom. The molecule has 0 amide bonds. The second kappa shape index (κ2) is 28.8. The van der Waals surface area contributed by atoms with Gasteiger partial charge in [-0.2, -0.15) is 0 Å². The first kappa shape index (κ1) is 29.8. The highest BCUT2D eigenvalue weighted by Gasteiger charge is 1.95. The smallest absolute Gasteiger partial charge is 0.0701 e. The highest BCUT2D eigenvalue weighted by molar-refractivity contribution is 4.48. The molecule has 0 aliphatic carbocycles. The van der Waals surface area contributed by atoms with Crippen LogP contribution < -0.4 is 0 Å². The summed E-state index contributed by atoms with van der Waals surface area (Å²) in [6, 6.07) is 0. The van der Waals surface area contributed by atoms with E-state index in [0.29, 0.717) is 59.5 Å². The molecule has 0 aliphatic rings. The largest absolute Gasteiger partial charge is 0.394 e. The minimum atomic E-state index is 0.0492. The van der Waals surface area contributed by atoms with Crippen molar-refractivity contribution in [2.24, 2.45) is 0 Å². The van der Waals surface area contributed by atoms with E-state index in [4.69, 9.17) is 28.8 Å². The molecular formula is C24H50O6. The molecule has 6 nitrogen and oxygen atoms in total. The molecule has 0 unspecified atom stereocenters. The van der Waals surface area contributed by atoms with Gasteiger partial charge in [0, 0.05) is 6.61 Å². The maximum Gasteiger partial charge on any atom is 0.0701 e. The van der Waals surface area contributed by atoms with Crippen LogP contribution in [0.25, 0.3) is 0 Å². The van der Waals surface area contributed by atoms with Crippen molar-refractivity contribution in [1.82, 2.24) is 0 Å². The molecule has 0 aromatic heterocycles. The van der Waals surface area contributed by atoms with E-state index in [9.17, 15) is 0 Å². The number of unbranched alkanes of at least 4 members (excludes halogenated alkanes) is 11. The van der Waals surface area contributed by atoms with Crippen molar-refractivity contribution < 1.29 is 28.8 Å². The molecule has 1 N–H and O–H groups in total. The van der Waals surface area contributed by atoms with Crippen LogP contribution >= 0.6 is 0 Å². The lowest BCUT2D eigenvalue weighted by molar-refractivity contribution is -0.0134. The van der Waals surface area contributed by atoms with E-state index in [1.165, 1.54) is 70.6 Å². The normalized spacial score (nSPS) is 11.4. The van der Waals surface area contributed by atoms with Gasteiger partial charge in [0.1, 0.15) is 0 Å². The van der Waals surface area contributed by atoms with Crippen LogP contribution in [0.3, 0.4) is 0 Å². The summed E-state index contributed by atoms with van der Waals surface area (Å²) in [6.45, 7) is 8.10. The summed E-state index contributed by atoms with van der Waals surface area (Å²) in [5.74, 6) is 0. The van der Waals surface area contributed by atoms with Gasteiger partial charge in [0.2, 0.25) is 0 Å². The lowest BCUT2D eigenvalue weighted by Crippen LogP contribution is -2.13. The van der Waals surface area contributed by atoms with Crippen LogP contribution in [0.5, 0.6) is 0 Å². The molecule has 0 heterocycles. The van der Waals surface area contributed by atoms with Crippen LogP contribution in [-0.2, 0) is 23.7 Å². The van der Waals surface area contributed by atoms with Crippen LogP contribution in [0, 0.1) is 0 Å². The van der Waals surface area contributed by atoms with E-state index in [0.717, 1.165) is 13.0 Å². The molecule has 30 heavy (non-hydrogen) atoms. The van der Waals surface area contributed by atoms with Gasteiger partial charge in [0.05, 0.1) is 66.1 Å². The third-order valence-corrected chi connectivity index (χ3v) is 4.87. The van der Waals surface area contributed by atoms with Gasteiger partial charge >= 0.3 is 0 Å². The predicted molar refractivity (Wildman–Crippen MR) is 122 cm³/mol. The van der Waals surface area contributed by atoms with Gasteiger partial charge in [0.15, 0.2) is 0 Å². The van der Waals surface area contributed by atoms with Crippen molar-refractivity contribution in [1.29, 1.82) is 0 Å². The summed E-state index contributed by atoms with van der Waals surface area (Å²) < 4.78 is 26.9. The summed E-state index contributed by atoms with van der Waals surface area (Å²) in [7, 11) is 0. The summed E-state index contributed by atoms with van der Waals surface area (Å²) >= 11 is 0. The fourth-order valence-electron chi connectivity index (χ4n) is 3.09. The molecule has 0 aromatic carbocycles. The van der Waals surface area contributed by atoms with Gasteiger partial charge in [0.25, 0.3) is 0 Å². The molecule has 0 rings (SSSR count). The summed E-state index contributed by atoms with van der Waals surface area (Å²) in [6.07, 6.45) is 16.4. The molecule has 6 heteroatoms. The van der Waals surface area contributed by atoms with E-state index in [2.05, 4.69) is 6.92 Å². The monoisotopic (exact) mass is 434 g/mol. The molecule has 0 radical (unpaired) electrons. The van der Waals surface area contributed by atoms with E-state index in [1.807, 2.05) is 0 Å². The van der Waals surface area contributed by atoms with Crippen molar-refractivity contribution >= 4 is 0 Å². The van der Waals surface area contributed by atoms with Gasteiger partial charge in [-0.1, -0.05) is 77.6 Å². The lowest BCUT2D eigenvalue weighted by Gasteiger charge is -2.08. The van der Waals surface area contributed by atoms with Gasteiger partial charge < -0.3 is 28.8 Å². The Labute approximate surface area is 185 Å². The zero-order chi connectivity index (χ0) is 21.8. The van der Waals surface area contributed by atoms with Crippen molar-refractivity contribution in [2.45, 2.75) is 84.0 Å². The Bertz CT molecular complexity index is 263. The fourth-order valence-corrected chi connectivity index (χ4v) is 3.09. The quantitative estimate of drug-likeness (QED) is 0.188. The van der Waals surface area contributed by atoms with E-state index < -0.39 is 0 Å². The molecule has 0 aliphatic heterocycles. The van der Waals surface area contributed by atoms with Crippen LogP contribution in [0.1, 0.15) is 84.0 Å². The summed E-state index contributed by atoms with van der Waals surface area (Å²) in [4.78, 5) is 0. The Morgan fingerprint density at radius 1 is 0.367 bits per heavy atom. The number of aliphatic hydroxyl groups excluding tert-OH is 1. The third-order valence-electron chi connectivity index (χ3n) is 4.87. The van der Waals surface area contributed by atoms with Gasteiger partial charge in [-0.25, -0.2) is 0 Å².